The number of benzene rings is 1. The summed E-state index contributed by atoms with van der Waals surface area (Å²) in [5, 5.41) is 26.4. The Balaban J connectivity index is 1.66. The van der Waals surface area contributed by atoms with Crippen molar-refractivity contribution in [3.05, 3.63) is 52.8 Å². The van der Waals surface area contributed by atoms with Crippen LogP contribution in [-0.4, -0.2) is 50.4 Å². The average molecular weight is 315 g/mol. The highest BCUT2D eigenvalue weighted by Gasteiger charge is 2.34. The molecule has 2 aromatic rings. The van der Waals surface area contributed by atoms with Crippen molar-refractivity contribution in [2.75, 3.05) is 13.1 Å². The zero-order valence-electron chi connectivity index (χ0n) is 13.1. The average Bonchev–Trinajstić information content (AvgIpc) is 3.13. The summed E-state index contributed by atoms with van der Waals surface area (Å²) in [4.78, 5) is 14.2. The van der Waals surface area contributed by atoms with Crippen LogP contribution in [0.15, 0.2) is 30.3 Å². The van der Waals surface area contributed by atoms with Gasteiger partial charge in [0, 0.05) is 30.3 Å². The van der Waals surface area contributed by atoms with Gasteiger partial charge in [-0.3, -0.25) is 9.89 Å². The van der Waals surface area contributed by atoms with Crippen LogP contribution in [0.4, 0.5) is 0 Å². The van der Waals surface area contributed by atoms with E-state index in [0.717, 1.165) is 17.0 Å². The van der Waals surface area contributed by atoms with Gasteiger partial charge in [0.2, 0.25) is 0 Å². The highest BCUT2D eigenvalue weighted by atomic mass is 16.3. The topological polar surface area (TPSA) is 89.5 Å². The summed E-state index contributed by atoms with van der Waals surface area (Å²) >= 11 is 0. The number of carbonyl (C=O) groups excluding carboxylic acids is 1. The summed E-state index contributed by atoms with van der Waals surface area (Å²) in [6, 6.07) is 8.87. The summed E-state index contributed by atoms with van der Waals surface area (Å²) in [5.74, 6) is -0.0902. The lowest BCUT2D eigenvalue weighted by molar-refractivity contribution is 0.0764. The first kappa shape index (κ1) is 15.7. The van der Waals surface area contributed by atoms with E-state index >= 15 is 0 Å². The number of nitrogens with one attached hydrogen (secondary N) is 1. The van der Waals surface area contributed by atoms with Gasteiger partial charge in [0.05, 0.1) is 18.4 Å². The highest BCUT2D eigenvalue weighted by Crippen LogP contribution is 2.23. The first-order chi connectivity index (χ1) is 11.1. The summed E-state index contributed by atoms with van der Waals surface area (Å²) in [6.07, 6.45) is 0.117. The Morgan fingerprint density at radius 3 is 2.70 bits per heavy atom. The SMILES string of the molecule is Cc1cc(C[C@@H]2CN(C(=O)c3ccc(CO)cc3)C[C@H]2O)n[nH]1. The number of aromatic nitrogens is 2. The number of aliphatic hydroxyl groups is 2. The maximum atomic E-state index is 12.5. The second-order valence-corrected chi connectivity index (χ2v) is 6.14. The number of β-amino-alcohol motifs (C(OH)–C–C–N with tert-alkyl or cyclic N) is 1. The molecule has 3 N–H and O–H groups in total. The molecule has 2 heterocycles. The van der Waals surface area contributed by atoms with Crippen LogP contribution in [0.5, 0.6) is 0 Å². The monoisotopic (exact) mass is 315 g/mol. The van der Waals surface area contributed by atoms with Crippen LogP contribution in [0.3, 0.4) is 0 Å². The summed E-state index contributed by atoms with van der Waals surface area (Å²) in [6.45, 7) is 2.76. The number of aliphatic hydroxyl groups excluding tert-OH is 2. The van der Waals surface area contributed by atoms with Crippen LogP contribution in [0.25, 0.3) is 0 Å². The van der Waals surface area contributed by atoms with Gasteiger partial charge in [0.15, 0.2) is 0 Å². The summed E-state index contributed by atoms with van der Waals surface area (Å²) < 4.78 is 0. The molecule has 1 aliphatic heterocycles. The van der Waals surface area contributed by atoms with Gasteiger partial charge < -0.3 is 15.1 Å². The molecular formula is C17H21N3O3. The van der Waals surface area contributed by atoms with Crippen molar-refractivity contribution >= 4 is 5.91 Å². The Morgan fingerprint density at radius 2 is 2.09 bits per heavy atom. The maximum Gasteiger partial charge on any atom is 0.253 e. The number of hydrogen-bond acceptors (Lipinski definition) is 4. The normalized spacial score (nSPS) is 20.9. The highest BCUT2D eigenvalue weighted by molar-refractivity contribution is 5.94. The molecule has 0 saturated carbocycles. The largest absolute Gasteiger partial charge is 0.392 e. The van der Waals surface area contributed by atoms with Crippen molar-refractivity contribution in [3.8, 4) is 0 Å². The van der Waals surface area contributed by atoms with E-state index in [9.17, 15) is 9.90 Å². The van der Waals surface area contributed by atoms with Crippen LogP contribution >= 0.6 is 0 Å². The van der Waals surface area contributed by atoms with Gasteiger partial charge in [-0.05, 0) is 37.1 Å². The van der Waals surface area contributed by atoms with E-state index in [1.807, 2.05) is 13.0 Å². The molecule has 1 fully saturated rings. The van der Waals surface area contributed by atoms with Crippen LogP contribution < -0.4 is 0 Å². The fraction of sp³-hybridized carbons (Fsp3) is 0.412. The molecule has 1 aromatic heterocycles. The fourth-order valence-electron chi connectivity index (χ4n) is 3.00. The molecule has 6 nitrogen and oxygen atoms in total. The fourth-order valence-corrected chi connectivity index (χ4v) is 3.00. The number of amides is 1. The van der Waals surface area contributed by atoms with Gasteiger partial charge in [0.1, 0.15) is 0 Å². The van der Waals surface area contributed by atoms with Gasteiger partial charge in [-0.2, -0.15) is 5.10 Å². The van der Waals surface area contributed by atoms with Gasteiger partial charge in [0.25, 0.3) is 5.91 Å². The molecule has 1 saturated heterocycles. The molecule has 1 aromatic carbocycles. The standard InChI is InChI=1S/C17H21N3O3/c1-11-6-15(19-18-11)7-14-8-20(9-16(14)22)17(23)13-4-2-12(10-21)3-5-13/h2-6,14,16,21-22H,7-10H2,1H3,(H,18,19)/t14-,16-/m1/s1. The Morgan fingerprint density at radius 1 is 1.35 bits per heavy atom. The summed E-state index contributed by atoms with van der Waals surface area (Å²) in [5.41, 5.74) is 3.25. The van der Waals surface area contributed by atoms with Crippen molar-refractivity contribution in [1.82, 2.24) is 15.1 Å². The molecule has 0 spiro atoms. The second-order valence-electron chi connectivity index (χ2n) is 6.14. The van der Waals surface area contributed by atoms with Crippen LogP contribution in [0, 0.1) is 12.8 Å². The molecule has 23 heavy (non-hydrogen) atoms. The van der Waals surface area contributed by atoms with Crippen LogP contribution in [0.2, 0.25) is 0 Å². The minimum atomic E-state index is -0.535. The molecule has 1 amide bonds. The van der Waals surface area contributed by atoms with E-state index < -0.39 is 6.10 Å². The van der Waals surface area contributed by atoms with Crippen molar-refractivity contribution in [2.24, 2.45) is 5.92 Å². The van der Waals surface area contributed by atoms with E-state index in [1.165, 1.54) is 0 Å². The molecule has 122 valence electrons. The Labute approximate surface area is 134 Å². The van der Waals surface area contributed by atoms with Crippen LogP contribution in [0.1, 0.15) is 27.3 Å². The minimum Gasteiger partial charge on any atom is -0.392 e. The van der Waals surface area contributed by atoms with Crippen molar-refractivity contribution in [1.29, 1.82) is 0 Å². The third-order valence-electron chi connectivity index (χ3n) is 4.31. The van der Waals surface area contributed by atoms with Gasteiger partial charge in [-0.1, -0.05) is 12.1 Å². The lowest BCUT2D eigenvalue weighted by atomic mass is 10.0. The predicted molar refractivity (Wildman–Crippen MR) is 84.8 cm³/mol. The third-order valence-corrected chi connectivity index (χ3v) is 4.31. The van der Waals surface area contributed by atoms with E-state index in [4.69, 9.17) is 5.11 Å². The zero-order valence-corrected chi connectivity index (χ0v) is 13.1. The minimum absolute atomic E-state index is 0.00151. The number of aryl methyl sites for hydroxylation is 1. The number of H-pyrrole nitrogens is 1. The quantitative estimate of drug-likeness (QED) is 0.781. The van der Waals surface area contributed by atoms with Crippen molar-refractivity contribution in [3.63, 3.8) is 0 Å². The lowest BCUT2D eigenvalue weighted by Gasteiger charge is -2.16. The molecule has 0 aliphatic carbocycles. The number of rotatable bonds is 4. The molecule has 6 heteroatoms. The first-order valence-electron chi connectivity index (χ1n) is 7.75. The number of hydrogen-bond donors (Lipinski definition) is 3. The second kappa shape index (κ2) is 6.52. The first-order valence-corrected chi connectivity index (χ1v) is 7.75. The molecule has 2 atom stereocenters. The van der Waals surface area contributed by atoms with Gasteiger partial charge >= 0.3 is 0 Å². The van der Waals surface area contributed by atoms with E-state index in [1.54, 1.807) is 29.2 Å². The molecule has 1 aliphatic rings. The number of nitrogens with zero attached hydrogens (tertiary/aromatic N) is 2. The maximum absolute atomic E-state index is 12.5. The Kier molecular flexibility index (Phi) is 4.45. The van der Waals surface area contributed by atoms with E-state index in [2.05, 4.69) is 10.2 Å². The van der Waals surface area contributed by atoms with E-state index in [-0.39, 0.29) is 18.4 Å². The molecule has 0 bridgehead atoms. The van der Waals surface area contributed by atoms with Crippen molar-refractivity contribution < 1.29 is 15.0 Å². The third kappa shape index (κ3) is 3.43. The van der Waals surface area contributed by atoms with E-state index in [0.29, 0.717) is 25.1 Å². The summed E-state index contributed by atoms with van der Waals surface area (Å²) in [7, 11) is 0. The number of aromatic amines is 1. The smallest absolute Gasteiger partial charge is 0.253 e. The van der Waals surface area contributed by atoms with Gasteiger partial charge in [-0.25, -0.2) is 0 Å². The number of likely N-dealkylation sites (tertiary alicyclic amines) is 1. The predicted octanol–water partition coefficient (Wildman–Crippen LogP) is 0.886. The molecule has 0 unspecified atom stereocenters. The molecule has 3 rings (SSSR count). The Hall–Kier alpha value is -2.18. The molecular weight excluding hydrogens is 294 g/mol. The lowest BCUT2D eigenvalue weighted by Crippen LogP contribution is -2.29. The zero-order chi connectivity index (χ0) is 16.4. The Bertz CT molecular complexity index is 681. The van der Waals surface area contributed by atoms with Crippen molar-refractivity contribution in [2.45, 2.75) is 26.1 Å². The van der Waals surface area contributed by atoms with Gasteiger partial charge in [-0.15, -0.1) is 0 Å². The molecule has 0 radical (unpaired) electrons. The number of carbonyl (C=O) groups is 1. The van der Waals surface area contributed by atoms with Crippen LogP contribution in [-0.2, 0) is 13.0 Å².